The number of hydrogen-bond donors (Lipinski definition) is 1. The maximum Gasteiger partial charge on any atom is 0.310 e. The number of fused-ring (bicyclic) bond motifs is 2. The summed E-state index contributed by atoms with van der Waals surface area (Å²) in [5, 5.41) is 12.5. The molecule has 3 fully saturated rings. The molecule has 0 radical (unpaired) electrons. The van der Waals surface area contributed by atoms with Crippen LogP contribution >= 0.6 is 11.8 Å². The van der Waals surface area contributed by atoms with E-state index >= 15 is 0 Å². The highest BCUT2D eigenvalue weighted by Gasteiger charge is 2.74. The number of hydrogen-bond acceptors (Lipinski definition) is 6. The van der Waals surface area contributed by atoms with Crippen LogP contribution in [0.15, 0.2) is 67.8 Å². The van der Waals surface area contributed by atoms with Gasteiger partial charge in [0.15, 0.2) is 0 Å². The van der Waals surface area contributed by atoms with E-state index in [-0.39, 0.29) is 48.7 Å². The normalized spacial score (nSPS) is 27.2. The standard InChI is InChI=1S/C33H40N2O5S/c1-5-7-17-40-32(39)27-26-14-15-33(41-26)28(27)30(37)35(25(20-36)18-21(3)4)29(33)31(38)34(16-6-2)24-13-12-22-10-8-9-11-23(22)19-24/h5-6,8-13,19,21,25-29,36H,1-2,7,14-18,20H2,3-4H3/t25-,26+,27-,28+,29?,33?/m1/s1. The number of aliphatic hydroxyl groups is 1. The average Bonchev–Trinajstić information content (AvgIpc) is 3.61. The largest absolute Gasteiger partial charge is 0.465 e. The Morgan fingerprint density at radius 2 is 1.95 bits per heavy atom. The molecule has 2 bridgehead atoms. The molecule has 3 saturated heterocycles. The Kier molecular flexibility index (Phi) is 8.62. The number of amides is 2. The second-order valence-electron chi connectivity index (χ2n) is 11.8. The van der Waals surface area contributed by atoms with Crippen LogP contribution in [0.3, 0.4) is 0 Å². The number of rotatable bonds is 12. The molecule has 2 unspecified atom stereocenters. The van der Waals surface area contributed by atoms with Gasteiger partial charge in [-0.3, -0.25) is 14.4 Å². The smallest absolute Gasteiger partial charge is 0.310 e. The zero-order valence-electron chi connectivity index (χ0n) is 23.9. The van der Waals surface area contributed by atoms with E-state index in [9.17, 15) is 19.5 Å². The number of likely N-dealkylation sites (tertiary alicyclic amines) is 1. The maximum absolute atomic E-state index is 14.8. The van der Waals surface area contributed by atoms with Gasteiger partial charge in [0.05, 0.1) is 35.8 Å². The Morgan fingerprint density at radius 1 is 1.20 bits per heavy atom. The second kappa shape index (κ2) is 12.0. The predicted molar refractivity (Wildman–Crippen MR) is 164 cm³/mol. The summed E-state index contributed by atoms with van der Waals surface area (Å²) >= 11 is 1.61. The number of carbonyl (C=O) groups excluding carboxylic acids is 3. The minimum absolute atomic E-state index is 0.0798. The van der Waals surface area contributed by atoms with Crippen molar-refractivity contribution < 1.29 is 24.2 Å². The average molecular weight is 577 g/mol. The zero-order valence-corrected chi connectivity index (χ0v) is 24.7. The number of benzene rings is 2. The Morgan fingerprint density at radius 3 is 2.63 bits per heavy atom. The summed E-state index contributed by atoms with van der Waals surface area (Å²) < 4.78 is 4.84. The molecule has 5 rings (SSSR count). The van der Waals surface area contributed by atoms with Gasteiger partial charge < -0.3 is 19.6 Å². The van der Waals surface area contributed by atoms with Gasteiger partial charge in [-0.05, 0) is 54.5 Å². The van der Waals surface area contributed by atoms with Gasteiger partial charge in [-0.15, -0.1) is 24.9 Å². The third-order valence-corrected chi connectivity index (χ3v) is 10.7. The molecule has 3 aliphatic rings. The Balaban J connectivity index is 1.58. The number of nitrogens with zero attached hydrogens (tertiary/aromatic N) is 2. The topological polar surface area (TPSA) is 87.2 Å². The van der Waals surface area contributed by atoms with E-state index < -0.39 is 28.7 Å². The number of carbonyl (C=O) groups is 3. The van der Waals surface area contributed by atoms with Gasteiger partial charge in [-0.25, -0.2) is 0 Å². The summed E-state index contributed by atoms with van der Waals surface area (Å²) in [5.74, 6) is -1.88. The molecule has 6 atom stereocenters. The van der Waals surface area contributed by atoms with E-state index in [0.717, 1.165) is 22.9 Å². The van der Waals surface area contributed by atoms with E-state index in [4.69, 9.17) is 4.74 Å². The fourth-order valence-electron chi connectivity index (χ4n) is 7.13. The summed E-state index contributed by atoms with van der Waals surface area (Å²) in [5.41, 5.74) is 0.725. The van der Waals surface area contributed by atoms with Gasteiger partial charge in [0.25, 0.3) is 5.91 Å². The summed E-state index contributed by atoms with van der Waals surface area (Å²) in [6.45, 7) is 11.9. The fourth-order valence-corrected chi connectivity index (χ4v) is 9.32. The lowest BCUT2D eigenvalue weighted by molar-refractivity contribution is -0.154. The van der Waals surface area contributed by atoms with Gasteiger partial charge >= 0.3 is 5.97 Å². The first-order valence-electron chi connectivity index (χ1n) is 14.6. The quantitative estimate of drug-likeness (QED) is 0.218. The number of esters is 1. The van der Waals surface area contributed by atoms with Crippen molar-refractivity contribution in [1.82, 2.24) is 4.90 Å². The predicted octanol–water partition coefficient (Wildman–Crippen LogP) is 4.98. The third-order valence-electron chi connectivity index (χ3n) is 8.78. The molecule has 2 aromatic carbocycles. The van der Waals surface area contributed by atoms with Crippen LogP contribution in [0, 0.1) is 17.8 Å². The maximum atomic E-state index is 14.8. The second-order valence-corrected chi connectivity index (χ2v) is 13.4. The van der Waals surface area contributed by atoms with E-state index in [1.165, 1.54) is 0 Å². The molecule has 1 N–H and O–H groups in total. The molecule has 1 spiro atoms. The molecule has 3 heterocycles. The highest BCUT2D eigenvalue weighted by molar-refractivity contribution is 8.02. The van der Waals surface area contributed by atoms with Crippen molar-refractivity contribution >= 4 is 46.0 Å². The van der Waals surface area contributed by atoms with Crippen molar-refractivity contribution in [3.05, 3.63) is 67.8 Å². The first kappa shape index (κ1) is 29.4. The van der Waals surface area contributed by atoms with Crippen LogP contribution in [0.5, 0.6) is 0 Å². The van der Waals surface area contributed by atoms with Crippen molar-refractivity contribution in [2.45, 2.75) is 61.6 Å². The number of aliphatic hydroxyl groups excluding tert-OH is 1. The highest BCUT2D eigenvalue weighted by Crippen LogP contribution is 2.67. The van der Waals surface area contributed by atoms with Gasteiger partial charge in [0.1, 0.15) is 6.04 Å². The van der Waals surface area contributed by atoms with Crippen LogP contribution in [0.25, 0.3) is 10.8 Å². The van der Waals surface area contributed by atoms with Gasteiger partial charge in [0.2, 0.25) is 5.91 Å². The van der Waals surface area contributed by atoms with Crippen molar-refractivity contribution in [2.24, 2.45) is 17.8 Å². The minimum Gasteiger partial charge on any atom is -0.465 e. The van der Waals surface area contributed by atoms with Gasteiger partial charge in [-0.1, -0.05) is 56.3 Å². The minimum atomic E-state index is -0.816. The van der Waals surface area contributed by atoms with Gasteiger partial charge in [-0.2, -0.15) is 0 Å². The van der Waals surface area contributed by atoms with Crippen LogP contribution < -0.4 is 4.90 Å². The van der Waals surface area contributed by atoms with Crippen molar-refractivity contribution in [3.8, 4) is 0 Å². The SMILES string of the molecule is C=CCCOC(=O)[C@@H]1[C@@H]2CCC3(S2)C(C(=O)N(CC=C)c2ccc4ccccc4c2)N([C@@H](CO)CC(C)C)C(=O)[C@H]13. The number of ether oxygens (including phenoxy) is 1. The van der Waals surface area contributed by atoms with Crippen LogP contribution in [0.1, 0.15) is 39.5 Å². The van der Waals surface area contributed by atoms with Crippen molar-refractivity contribution in [1.29, 1.82) is 0 Å². The van der Waals surface area contributed by atoms with Crippen molar-refractivity contribution in [2.75, 3.05) is 24.7 Å². The molecule has 2 amide bonds. The summed E-state index contributed by atoms with van der Waals surface area (Å²) in [4.78, 5) is 45.9. The van der Waals surface area contributed by atoms with E-state index in [1.807, 2.05) is 56.3 Å². The molecule has 8 heteroatoms. The molecular weight excluding hydrogens is 536 g/mol. The first-order chi connectivity index (χ1) is 19.8. The third kappa shape index (κ3) is 5.10. The summed E-state index contributed by atoms with van der Waals surface area (Å²) in [7, 11) is 0. The van der Waals surface area contributed by atoms with Crippen LogP contribution in [0.2, 0.25) is 0 Å². The summed E-state index contributed by atoms with van der Waals surface area (Å²) in [6, 6.07) is 12.5. The molecule has 0 saturated carbocycles. The van der Waals surface area contributed by atoms with Crippen LogP contribution in [0.4, 0.5) is 5.69 Å². The number of thioether (sulfide) groups is 1. The molecule has 41 heavy (non-hydrogen) atoms. The van der Waals surface area contributed by atoms with E-state index in [1.54, 1.807) is 33.7 Å². The van der Waals surface area contributed by atoms with E-state index in [0.29, 0.717) is 19.3 Å². The zero-order chi connectivity index (χ0) is 29.3. The van der Waals surface area contributed by atoms with E-state index in [2.05, 4.69) is 13.2 Å². The lowest BCUT2D eigenvalue weighted by atomic mass is 9.71. The molecule has 0 aliphatic carbocycles. The van der Waals surface area contributed by atoms with Gasteiger partial charge in [0, 0.05) is 17.5 Å². The molecule has 7 nitrogen and oxygen atoms in total. The molecule has 0 aromatic heterocycles. The summed E-state index contributed by atoms with van der Waals surface area (Å²) in [6.07, 6.45) is 5.87. The lowest BCUT2D eigenvalue weighted by Gasteiger charge is -2.40. The van der Waals surface area contributed by atoms with Crippen molar-refractivity contribution in [3.63, 3.8) is 0 Å². The Labute approximate surface area is 246 Å². The fraction of sp³-hybridized carbons (Fsp3) is 0.485. The molecule has 218 valence electrons. The van der Waals surface area contributed by atoms with Crippen LogP contribution in [-0.4, -0.2) is 69.6 Å². The Hall–Kier alpha value is -3.10. The molecular formula is C33H40N2O5S. The molecule has 3 aliphatic heterocycles. The first-order valence-corrected chi connectivity index (χ1v) is 15.4. The van der Waals surface area contributed by atoms with Crippen LogP contribution in [-0.2, 0) is 19.1 Å². The highest BCUT2D eigenvalue weighted by atomic mass is 32.2. The molecule has 2 aromatic rings. The monoisotopic (exact) mass is 576 g/mol. The lowest BCUT2D eigenvalue weighted by Crippen LogP contribution is -2.57. The number of anilines is 1. The Bertz CT molecular complexity index is 1340.